The zero-order chi connectivity index (χ0) is 21.6. The number of amides is 1. The molecule has 10 nitrogen and oxygen atoms in total. The smallest absolute Gasteiger partial charge is 0.414 e. The molecule has 1 saturated heterocycles. The van der Waals surface area contributed by atoms with Gasteiger partial charge in [-0.1, -0.05) is 0 Å². The normalized spacial score (nSPS) is 15.4. The number of aliphatic hydroxyl groups excluding tert-OH is 1. The summed E-state index contributed by atoms with van der Waals surface area (Å²) in [5.41, 5.74) is 8.88. The number of halogens is 1. The third kappa shape index (κ3) is 5.16. The highest BCUT2D eigenvalue weighted by atomic mass is 19.1. The molecule has 0 spiro atoms. The predicted molar refractivity (Wildman–Crippen MR) is 108 cm³/mol. The molecule has 0 unspecified atom stereocenters. The minimum atomic E-state index is -0.616. The molecule has 1 aliphatic heterocycles. The second kappa shape index (κ2) is 9.78. The quantitative estimate of drug-likeness (QED) is 0.215. The van der Waals surface area contributed by atoms with Crippen LogP contribution in [-0.2, 0) is 4.74 Å². The van der Waals surface area contributed by atoms with Crippen molar-refractivity contribution >= 4 is 23.6 Å². The Morgan fingerprint density at radius 2 is 2.17 bits per heavy atom. The number of ether oxygens (including phenoxy) is 1. The molecule has 0 bridgehead atoms. The average Bonchev–Trinajstić information content (AvgIpc) is 3.09. The number of nitrogens with two attached hydrogens (primary N) is 2. The van der Waals surface area contributed by atoms with Crippen molar-refractivity contribution in [3.8, 4) is 11.1 Å². The highest BCUT2D eigenvalue weighted by Crippen LogP contribution is 2.29. The molecule has 11 heteroatoms. The van der Waals surface area contributed by atoms with E-state index >= 15 is 0 Å². The van der Waals surface area contributed by atoms with E-state index in [4.69, 9.17) is 21.0 Å². The molecule has 3 rings (SSSR count). The Hall–Kier alpha value is -3.28. The van der Waals surface area contributed by atoms with E-state index < -0.39 is 18.0 Å². The predicted octanol–water partition coefficient (Wildman–Crippen LogP) is 0.614. The van der Waals surface area contributed by atoms with Crippen LogP contribution in [0.4, 0.5) is 20.7 Å². The van der Waals surface area contributed by atoms with Crippen LogP contribution < -0.4 is 26.8 Å². The summed E-state index contributed by atoms with van der Waals surface area (Å²) in [4.78, 5) is 18.6. The van der Waals surface area contributed by atoms with Gasteiger partial charge in [0, 0.05) is 24.4 Å². The molecule has 1 fully saturated rings. The highest BCUT2D eigenvalue weighted by molar-refractivity contribution is 5.91. The molecule has 1 atom stereocenters. The zero-order valence-corrected chi connectivity index (χ0v) is 16.1. The monoisotopic (exact) mass is 405 g/mol. The van der Waals surface area contributed by atoms with Crippen molar-refractivity contribution < 1.29 is 19.0 Å². The minimum Gasteiger partial charge on any atom is -0.441 e. The standard InChI is InChI=1S/C17H18FN5O3.CH6N2/c1-22(16(19)20)15-5-2-10(7-21-15)13-4-3-11(6-14(13)18)23-8-12(9-24)26-17(23)25;1-3-2/h2-7,12,24H,8-9H2,1H3,(H3,19,20);3H,2H2,1H3/t12-;/m1./s1. The fourth-order valence-electron chi connectivity index (χ4n) is 2.60. The van der Waals surface area contributed by atoms with Crippen LogP contribution in [0.25, 0.3) is 11.1 Å². The van der Waals surface area contributed by atoms with Crippen molar-refractivity contribution in [2.24, 2.45) is 11.6 Å². The van der Waals surface area contributed by atoms with E-state index in [1.54, 1.807) is 38.4 Å². The molecular formula is C18H24FN7O3. The molecule has 1 aromatic heterocycles. The zero-order valence-electron chi connectivity index (χ0n) is 16.1. The number of pyridine rings is 1. The number of carbonyl (C=O) groups excluding carboxylic acids is 1. The second-order valence-electron chi connectivity index (χ2n) is 6.10. The van der Waals surface area contributed by atoms with Gasteiger partial charge in [0.15, 0.2) is 5.96 Å². The lowest BCUT2D eigenvalue weighted by molar-refractivity contribution is 0.0963. The molecule has 1 amide bonds. The number of nitrogens with one attached hydrogen (secondary N) is 2. The number of hydrogen-bond donors (Lipinski definition) is 5. The van der Waals surface area contributed by atoms with Crippen LogP contribution in [-0.4, -0.2) is 55.5 Å². The van der Waals surface area contributed by atoms with E-state index in [1.807, 2.05) is 0 Å². The summed E-state index contributed by atoms with van der Waals surface area (Å²) in [5, 5.41) is 16.5. The van der Waals surface area contributed by atoms with Crippen LogP contribution in [0, 0.1) is 11.2 Å². The number of rotatable bonds is 4. The maximum atomic E-state index is 14.6. The molecule has 0 radical (unpaired) electrons. The molecule has 2 heterocycles. The van der Waals surface area contributed by atoms with Gasteiger partial charge < -0.3 is 20.5 Å². The van der Waals surface area contributed by atoms with Gasteiger partial charge in [-0.15, -0.1) is 0 Å². The lowest BCUT2D eigenvalue weighted by Gasteiger charge is -2.16. The van der Waals surface area contributed by atoms with Gasteiger partial charge in [-0.2, -0.15) is 0 Å². The first-order valence-electron chi connectivity index (χ1n) is 8.62. The fraction of sp³-hybridized carbons (Fsp3) is 0.278. The Labute approximate surface area is 167 Å². The maximum Gasteiger partial charge on any atom is 0.414 e. The summed E-state index contributed by atoms with van der Waals surface area (Å²) in [6.45, 7) is -0.114. The van der Waals surface area contributed by atoms with Crippen molar-refractivity contribution in [1.82, 2.24) is 10.4 Å². The number of guanidine groups is 1. The lowest BCUT2D eigenvalue weighted by Crippen LogP contribution is -2.33. The molecule has 0 saturated carbocycles. The summed E-state index contributed by atoms with van der Waals surface area (Å²) in [6, 6.07) is 7.70. The number of anilines is 2. The number of carbonyl (C=O) groups is 1. The number of hydrogen-bond acceptors (Lipinski definition) is 7. The molecular weight excluding hydrogens is 381 g/mol. The molecule has 29 heavy (non-hydrogen) atoms. The first kappa shape index (κ1) is 22.0. The Balaban J connectivity index is 0.000000941. The molecule has 156 valence electrons. The van der Waals surface area contributed by atoms with Gasteiger partial charge in [0.25, 0.3) is 0 Å². The van der Waals surface area contributed by atoms with Crippen molar-refractivity contribution in [3.05, 3.63) is 42.3 Å². The Morgan fingerprint density at radius 1 is 1.48 bits per heavy atom. The van der Waals surface area contributed by atoms with E-state index in [-0.39, 0.29) is 19.1 Å². The third-order valence-corrected chi connectivity index (χ3v) is 4.11. The van der Waals surface area contributed by atoms with E-state index in [0.29, 0.717) is 22.6 Å². The van der Waals surface area contributed by atoms with E-state index in [9.17, 15) is 9.18 Å². The van der Waals surface area contributed by atoms with Gasteiger partial charge in [0.1, 0.15) is 17.7 Å². The summed E-state index contributed by atoms with van der Waals surface area (Å²) in [6.07, 6.45) is 0.258. The summed E-state index contributed by atoms with van der Waals surface area (Å²) in [5.74, 6) is 4.39. The van der Waals surface area contributed by atoms with Gasteiger partial charge in [-0.05, 0) is 37.4 Å². The van der Waals surface area contributed by atoms with Crippen LogP contribution in [0.2, 0.25) is 0 Å². The summed E-state index contributed by atoms with van der Waals surface area (Å²) >= 11 is 0. The number of aliphatic hydroxyl groups is 1. The highest BCUT2D eigenvalue weighted by Gasteiger charge is 2.32. The topological polar surface area (TPSA) is 154 Å². The van der Waals surface area contributed by atoms with Gasteiger partial charge in [0.2, 0.25) is 0 Å². The lowest BCUT2D eigenvalue weighted by atomic mass is 10.1. The van der Waals surface area contributed by atoms with Crippen molar-refractivity contribution in [3.63, 3.8) is 0 Å². The molecule has 0 aliphatic carbocycles. The Morgan fingerprint density at radius 3 is 2.66 bits per heavy atom. The van der Waals surface area contributed by atoms with E-state index in [2.05, 4.69) is 16.3 Å². The van der Waals surface area contributed by atoms with Crippen LogP contribution in [0.3, 0.4) is 0 Å². The van der Waals surface area contributed by atoms with Crippen LogP contribution in [0.15, 0.2) is 36.5 Å². The summed E-state index contributed by atoms with van der Waals surface area (Å²) in [7, 11) is 3.26. The molecule has 1 aliphatic rings. The van der Waals surface area contributed by atoms with Crippen LogP contribution in [0.1, 0.15) is 0 Å². The summed E-state index contributed by atoms with van der Waals surface area (Å²) < 4.78 is 19.5. The largest absolute Gasteiger partial charge is 0.441 e. The number of cyclic esters (lactones) is 1. The first-order chi connectivity index (χ1) is 13.8. The van der Waals surface area contributed by atoms with Gasteiger partial charge in [0.05, 0.1) is 18.8 Å². The first-order valence-corrected chi connectivity index (χ1v) is 8.62. The maximum absolute atomic E-state index is 14.6. The number of aromatic nitrogens is 1. The van der Waals surface area contributed by atoms with Crippen molar-refractivity contribution in [2.75, 3.05) is 37.0 Å². The minimum absolute atomic E-state index is 0.153. The Bertz CT molecular complexity index is 863. The second-order valence-corrected chi connectivity index (χ2v) is 6.10. The SMILES string of the molecule is CN(C(=N)N)c1ccc(-c2ccc(N3C[C@H](CO)OC3=O)cc2F)cn1.CNN. The fourth-order valence-corrected chi connectivity index (χ4v) is 2.60. The number of hydrazine groups is 1. The molecule has 7 N–H and O–H groups in total. The van der Waals surface area contributed by atoms with Crippen molar-refractivity contribution in [1.29, 1.82) is 5.41 Å². The van der Waals surface area contributed by atoms with E-state index in [0.717, 1.165) is 0 Å². The Kier molecular flexibility index (Phi) is 7.42. The van der Waals surface area contributed by atoms with E-state index in [1.165, 1.54) is 22.1 Å². The third-order valence-electron chi connectivity index (χ3n) is 4.11. The molecule has 2 aromatic rings. The van der Waals surface area contributed by atoms with Crippen LogP contribution in [0.5, 0.6) is 0 Å². The number of nitrogens with zero attached hydrogens (tertiary/aromatic N) is 3. The average molecular weight is 405 g/mol. The van der Waals surface area contributed by atoms with Gasteiger partial charge >= 0.3 is 6.09 Å². The van der Waals surface area contributed by atoms with Gasteiger partial charge in [-0.3, -0.25) is 21.6 Å². The number of benzene rings is 1. The van der Waals surface area contributed by atoms with Crippen LogP contribution >= 0.6 is 0 Å². The van der Waals surface area contributed by atoms with Crippen molar-refractivity contribution in [2.45, 2.75) is 6.10 Å². The van der Waals surface area contributed by atoms with Gasteiger partial charge in [-0.25, -0.2) is 14.2 Å². The molecule has 1 aromatic carbocycles.